The van der Waals surface area contributed by atoms with Crippen molar-refractivity contribution >= 4 is 97.4 Å². The number of para-hydroxylation sites is 5. The lowest BCUT2D eigenvalue weighted by Crippen LogP contribution is -2.65. The third kappa shape index (κ3) is 8.75. The largest absolute Gasteiger partial charge is 0.336 e. The molecule has 81 heavy (non-hydrogen) atoms. The van der Waals surface area contributed by atoms with E-state index in [2.05, 4.69) is 249 Å². The molecule has 0 amide bonds. The number of anilines is 9. The fourth-order valence-electron chi connectivity index (χ4n) is 14.2. The Labute approximate surface area is 496 Å². The molecule has 0 saturated heterocycles. The number of hydrogen-bond acceptors (Lipinski definition) is 4. The number of hydrogen-bond donors (Lipinski definition) is 0. The molecule has 7 aromatic rings. The standard InChI is InChI=1S/C31H29BN2.C30H33BN2.7C2H6/c1-20-12-9-16-23-28(20)33(21-13-7-6-8-14-21)25-18-11-19-26-27(25)32(23)24-17-10-15-22-29(24)34(26)31(4,5)30(22,2)3;1-27(2)18-12-9-14-20-25(18)32(29(27,5)6)22-16-11-17-23-24(22)31(20)21-15-10-13-19-26(21)33(23)30(7,8)28(19,3)4;7*1-2/h6-19H,1-5H3;9-17H,1-8H3;7*1-2H3. The second-order valence-electron chi connectivity index (χ2n) is 23.8. The first-order chi connectivity index (χ1) is 38.8. The summed E-state index contributed by atoms with van der Waals surface area (Å²) in [5, 5.41) is 0. The quantitative estimate of drug-likeness (QED) is 0.152. The smallest absolute Gasteiger partial charge is 0.252 e. The molecule has 6 heteroatoms. The van der Waals surface area contributed by atoms with Crippen molar-refractivity contribution in [2.24, 2.45) is 0 Å². The topological polar surface area (TPSA) is 13.0 Å². The normalized spacial score (nSPS) is 17.3. The van der Waals surface area contributed by atoms with Gasteiger partial charge in [-0.25, -0.2) is 0 Å². The van der Waals surface area contributed by atoms with Crippen LogP contribution < -0.4 is 52.4 Å². The Balaban J connectivity index is 0.000000215. The van der Waals surface area contributed by atoms with Crippen molar-refractivity contribution in [3.05, 3.63) is 162 Å². The highest BCUT2D eigenvalue weighted by atomic mass is 15.3. The van der Waals surface area contributed by atoms with Gasteiger partial charge in [-0.1, -0.05) is 242 Å². The molecule has 0 fully saturated rings. The monoisotopic (exact) mass is 1080 g/mol. The third-order valence-corrected chi connectivity index (χ3v) is 19.6. The average molecular weight is 1080 g/mol. The SMILES string of the molecule is CC.CC.CC.CC.CC.CC.CC.CC1(C)c2cccc3c2N(c2cccc4c2B3c2cccc3c2N4C(C)(C)C3(C)C)C1(C)C.Cc1cccc2c1N(c1ccccc1)c1cccc3c1B2c1cccc2c1N3C(C)(C)C2(C)C. The molecule has 430 valence electrons. The van der Waals surface area contributed by atoms with E-state index in [1.807, 2.05) is 96.9 Å². The van der Waals surface area contributed by atoms with Crippen LogP contribution in [0.5, 0.6) is 0 Å². The summed E-state index contributed by atoms with van der Waals surface area (Å²) in [5.41, 5.74) is 26.8. The van der Waals surface area contributed by atoms with E-state index in [0.717, 1.165) is 0 Å². The van der Waals surface area contributed by atoms with Gasteiger partial charge in [-0.05, 0) is 140 Å². The van der Waals surface area contributed by atoms with Gasteiger partial charge < -0.3 is 19.6 Å². The molecule has 0 unspecified atom stereocenters. The lowest BCUT2D eigenvalue weighted by atomic mass is 9.33. The summed E-state index contributed by atoms with van der Waals surface area (Å²) in [5.74, 6) is 0. The van der Waals surface area contributed by atoms with Crippen LogP contribution in [0.4, 0.5) is 51.2 Å². The van der Waals surface area contributed by atoms with Gasteiger partial charge in [0.25, 0.3) is 13.4 Å². The van der Waals surface area contributed by atoms with Gasteiger partial charge in [0.15, 0.2) is 0 Å². The lowest BCUT2D eigenvalue weighted by molar-refractivity contribution is 0.329. The summed E-state index contributed by atoms with van der Waals surface area (Å²) in [6, 6.07) is 52.7. The molecule has 0 saturated carbocycles. The molecule has 7 aliphatic heterocycles. The predicted octanol–water partition coefficient (Wildman–Crippen LogP) is 18.2. The molecule has 0 radical (unpaired) electrons. The number of fused-ring (bicyclic) bond motifs is 8. The Hall–Kier alpha value is -6.13. The van der Waals surface area contributed by atoms with Gasteiger partial charge in [0.1, 0.15) is 0 Å². The molecule has 0 N–H and O–H groups in total. The van der Waals surface area contributed by atoms with Crippen LogP contribution in [0.3, 0.4) is 0 Å². The zero-order valence-corrected chi connectivity index (χ0v) is 55.7. The molecule has 0 bridgehead atoms. The van der Waals surface area contributed by atoms with Crippen LogP contribution in [0.15, 0.2) is 140 Å². The van der Waals surface area contributed by atoms with E-state index in [0.29, 0.717) is 0 Å². The maximum atomic E-state index is 2.68. The maximum Gasteiger partial charge on any atom is 0.252 e. The summed E-state index contributed by atoms with van der Waals surface area (Å²) < 4.78 is 0. The zero-order valence-electron chi connectivity index (χ0n) is 55.7. The van der Waals surface area contributed by atoms with Crippen molar-refractivity contribution in [2.45, 2.75) is 220 Å². The highest BCUT2D eigenvalue weighted by Crippen LogP contribution is 2.60. The van der Waals surface area contributed by atoms with Crippen LogP contribution in [-0.2, 0) is 16.2 Å². The fraction of sp³-hybridized carbons (Fsp3) is 0.440. The Morgan fingerprint density at radius 1 is 0.284 bits per heavy atom. The van der Waals surface area contributed by atoms with Gasteiger partial charge in [-0.2, -0.15) is 0 Å². The summed E-state index contributed by atoms with van der Waals surface area (Å²) in [4.78, 5) is 10.5. The van der Waals surface area contributed by atoms with Crippen LogP contribution in [0.2, 0.25) is 0 Å². The van der Waals surface area contributed by atoms with E-state index < -0.39 is 0 Å². The Kier molecular flexibility index (Phi) is 19.0. The van der Waals surface area contributed by atoms with Crippen LogP contribution in [0, 0.1) is 6.92 Å². The first kappa shape index (κ1) is 64.0. The van der Waals surface area contributed by atoms with Crippen LogP contribution in [-0.4, -0.2) is 30.0 Å². The predicted molar refractivity (Wildman–Crippen MR) is 368 cm³/mol. The molecule has 7 heterocycles. The van der Waals surface area contributed by atoms with Crippen molar-refractivity contribution in [1.82, 2.24) is 0 Å². The summed E-state index contributed by atoms with van der Waals surface area (Å²) >= 11 is 0. The highest BCUT2D eigenvalue weighted by molar-refractivity contribution is 7.01. The van der Waals surface area contributed by atoms with Gasteiger partial charge in [-0.15, -0.1) is 0 Å². The number of nitrogens with zero attached hydrogens (tertiary/aromatic N) is 4. The minimum atomic E-state index is -0.0456. The summed E-state index contributed by atoms with van der Waals surface area (Å²) in [6.45, 7) is 59.8. The van der Waals surface area contributed by atoms with Crippen LogP contribution in [0.25, 0.3) is 0 Å². The van der Waals surface area contributed by atoms with Crippen molar-refractivity contribution in [3.63, 3.8) is 0 Å². The van der Waals surface area contributed by atoms with E-state index in [1.165, 1.54) is 106 Å². The zero-order chi connectivity index (χ0) is 60.7. The van der Waals surface area contributed by atoms with Gasteiger partial charge in [0.2, 0.25) is 0 Å². The molecular weight excluding hydrogens is 978 g/mol. The molecule has 0 spiro atoms. The van der Waals surface area contributed by atoms with E-state index in [1.54, 1.807) is 0 Å². The Morgan fingerprint density at radius 3 is 0.889 bits per heavy atom. The van der Waals surface area contributed by atoms with Crippen molar-refractivity contribution < 1.29 is 0 Å². The van der Waals surface area contributed by atoms with Crippen LogP contribution >= 0.6 is 0 Å². The molecular formula is C75H104B2N4. The highest BCUT2D eigenvalue weighted by Gasteiger charge is 2.61. The molecule has 14 rings (SSSR count). The molecule has 0 aliphatic carbocycles. The Bertz CT molecular complexity index is 3220. The lowest BCUT2D eigenvalue weighted by Gasteiger charge is -2.50. The molecule has 7 aromatic carbocycles. The Morgan fingerprint density at radius 2 is 0.556 bits per heavy atom. The van der Waals surface area contributed by atoms with Crippen molar-refractivity contribution in [1.29, 1.82) is 0 Å². The van der Waals surface area contributed by atoms with E-state index in [9.17, 15) is 0 Å². The average Bonchev–Trinajstić information content (AvgIpc) is 4.09. The van der Waals surface area contributed by atoms with Crippen molar-refractivity contribution in [3.8, 4) is 0 Å². The minimum absolute atomic E-state index is 0.0204. The van der Waals surface area contributed by atoms with Gasteiger partial charge in [-0.3, -0.25) is 0 Å². The summed E-state index contributed by atoms with van der Waals surface area (Å²) in [7, 11) is 0. The van der Waals surface area contributed by atoms with E-state index >= 15 is 0 Å². The number of rotatable bonds is 1. The van der Waals surface area contributed by atoms with Gasteiger partial charge in [0, 0.05) is 84.0 Å². The molecule has 7 aliphatic rings. The number of aryl methyl sites for hydroxylation is 1. The second kappa shape index (κ2) is 24.0. The van der Waals surface area contributed by atoms with Crippen molar-refractivity contribution in [2.75, 3.05) is 19.6 Å². The number of benzene rings is 7. The third-order valence-electron chi connectivity index (χ3n) is 19.6. The molecule has 0 atom stereocenters. The first-order valence-electron chi connectivity index (χ1n) is 31.8. The fourth-order valence-corrected chi connectivity index (χ4v) is 14.2. The van der Waals surface area contributed by atoms with E-state index in [4.69, 9.17) is 0 Å². The maximum absolute atomic E-state index is 2.68. The molecule has 4 nitrogen and oxygen atoms in total. The first-order valence-corrected chi connectivity index (χ1v) is 31.8. The van der Waals surface area contributed by atoms with Gasteiger partial charge in [0.05, 0.1) is 0 Å². The molecule has 0 aromatic heterocycles. The van der Waals surface area contributed by atoms with Crippen LogP contribution in [0.1, 0.15) is 202 Å². The van der Waals surface area contributed by atoms with Gasteiger partial charge >= 0.3 is 0 Å². The summed E-state index contributed by atoms with van der Waals surface area (Å²) in [6.07, 6.45) is 0. The second-order valence-corrected chi connectivity index (χ2v) is 23.8. The van der Waals surface area contributed by atoms with E-state index in [-0.39, 0.29) is 46.3 Å². The minimum Gasteiger partial charge on any atom is -0.336 e.